The first-order valence-corrected chi connectivity index (χ1v) is 13.5. The van der Waals surface area contributed by atoms with E-state index in [4.69, 9.17) is 9.47 Å². The van der Waals surface area contributed by atoms with Crippen LogP contribution in [0.2, 0.25) is 0 Å². The highest BCUT2D eigenvalue weighted by Gasteiger charge is 2.34. The summed E-state index contributed by atoms with van der Waals surface area (Å²) >= 11 is 0. The van der Waals surface area contributed by atoms with Crippen LogP contribution in [0.15, 0.2) is 53.4 Å². The number of ether oxygens (including phenoxy) is 2. The van der Waals surface area contributed by atoms with E-state index in [1.54, 1.807) is 12.1 Å². The number of hydrogen-bond donors (Lipinski definition) is 2. The molecule has 0 spiro atoms. The fourth-order valence-corrected chi connectivity index (χ4v) is 6.22. The van der Waals surface area contributed by atoms with Crippen LogP contribution in [0.5, 0.6) is 17.2 Å². The number of aromatic hydroxyl groups is 1. The number of fused-ring (bicyclic) bond motifs is 5. The molecule has 0 unspecified atom stereocenters. The van der Waals surface area contributed by atoms with Gasteiger partial charge in [0.25, 0.3) is 0 Å². The average Bonchev–Trinajstić information content (AvgIpc) is 2.83. The molecule has 38 heavy (non-hydrogen) atoms. The summed E-state index contributed by atoms with van der Waals surface area (Å²) in [5, 5.41) is 14.1. The molecule has 2 aliphatic rings. The van der Waals surface area contributed by atoms with E-state index in [1.807, 2.05) is 19.1 Å². The molecule has 198 valence electrons. The Kier molecular flexibility index (Phi) is 6.04. The molecule has 0 bridgehead atoms. The lowest BCUT2D eigenvalue weighted by atomic mass is 9.83. The first-order chi connectivity index (χ1) is 17.8. The number of methoxy groups -OCH3 is 1. The first kappa shape index (κ1) is 25.8. The molecule has 0 fully saturated rings. The molecular formula is C29H29FN2O5S. The summed E-state index contributed by atoms with van der Waals surface area (Å²) in [6, 6.07) is 10.7. The van der Waals surface area contributed by atoms with Crippen molar-refractivity contribution in [3.05, 3.63) is 71.0 Å². The Balaban J connectivity index is 1.85. The summed E-state index contributed by atoms with van der Waals surface area (Å²) in [5.41, 5.74) is 4.78. The summed E-state index contributed by atoms with van der Waals surface area (Å²) in [6.45, 7) is 6.15. The van der Waals surface area contributed by atoms with Crippen LogP contribution in [-0.4, -0.2) is 44.6 Å². The van der Waals surface area contributed by atoms with Gasteiger partial charge in [-0.05, 0) is 68.3 Å². The predicted octanol–water partition coefficient (Wildman–Crippen LogP) is 5.96. The maximum atomic E-state index is 14.2. The van der Waals surface area contributed by atoms with Gasteiger partial charge >= 0.3 is 0 Å². The van der Waals surface area contributed by atoms with Crippen molar-refractivity contribution in [3.8, 4) is 28.4 Å². The van der Waals surface area contributed by atoms with E-state index < -0.39 is 15.8 Å². The molecule has 3 aromatic carbocycles. The number of phenolic OH excluding ortho intramolecular Hbond substituents is 1. The Morgan fingerprint density at radius 2 is 1.82 bits per heavy atom. The van der Waals surface area contributed by atoms with Crippen LogP contribution in [-0.2, 0) is 10.0 Å². The number of anilines is 1. The average molecular weight is 537 g/mol. The van der Waals surface area contributed by atoms with Gasteiger partial charge in [0.05, 0.1) is 23.1 Å². The summed E-state index contributed by atoms with van der Waals surface area (Å²) in [6.07, 6.45) is 3.73. The molecule has 2 aliphatic heterocycles. The number of phenols is 1. The van der Waals surface area contributed by atoms with Crippen molar-refractivity contribution in [1.82, 2.24) is 4.31 Å². The SMILES string of the molecule is COc1c(O)ccc2c1-c1ccc3c(c1C(=Cc1ccc(F)cc1S(=O)(=O)N(C)C)O2)C(C)=CC(C)(C)N3. The molecule has 0 saturated carbocycles. The third kappa shape index (κ3) is 4.12. The van der Waals surface area contributed by atoms with E-state index in [1.165, 1.54) is 39.4 Å². The van der Waals surface area contributed by atoms with Crippen molar-refractivity contribution in [2.24, 2.45) is 0 Å². The minimum Gasteiger partial charge on any atom is -0.504 e. The molecule has 3 aromatic rings. The number of rotatable bonds is 4. The quantitative estimate of drug-likeness (QED) is 0.428. The molecule has 0 aromatic heterocycles. The zero-order valence-electron chi connectivity index (χ0n) is 22.0. The van der Waals surface area contributed by atoms with Crippen molar-refractivity contribution in [2.45, 2.75) is 31.2 Å². The van der Waals surface area contributed by atoms with E-state index >= 15 is 0 Å². The fraction of sp³-hybridized carbons (Fsp3) is 0.241. The second-order valence-electron chi connectivity index (χ2n) is 10.2. The van der Waals surface area contributed by atoms with E-state index in [0.29, 0.717) is 22.6 Å². The van der Waals surface area contributed by atoms with Crippen LogP contribution in [0.1, 0.15) is 37.5 Å². The summed E-state index contributed by atoms with van der Waals surface area (Å²) in [5.74, 6) is 0.392. The topological polar surface area (TPSA) is 88.1 Å². The zero-order valence-corrected chi connectivity index (χ0v) is 22.8. The lowest BCUT2D eigenvalue weighted by Crippen LogP contribution is -2.32. The molecule has 0 saturated heterocycles. The first-order valence-electron chi connectivity index (χ1n) is 12.0. The molecule has 0 aliphatic carbocycles. The van der Waals surface area contributed by atoms with Crippen LogP contribution in [0.25, 0.3) is 28.5 Å². The fourth-order valence-electron chi connectivity index (χ4n) is 5.14. The second-order valence-corrected chi connectivity index (χ2v) is 12.3. The predicted molar refractivity (Wildman–Crippen MR) is 147 cm³/mol. The lowest BCUT2D eigenvalue weighted by Gasteiger charge is -2.35. The molecule has 2 heterocycles. The third-order valence-electron chi connectivity index (χ3n) is 6.69. The van der Waals surface area contributed by atoms with Crippen molar-refractivity contribution in [3.63, 3.8) is 0 Å². The maximum Gasteiger partial charge on any atom is 0.243 e. The molecule has 0 radical (unpaired) electrons. The Hall–Kier alpha value is -3.82. The molecule has 0 atom stereocenters. The maximum absolute atomic E-state index is 14.2. The highest BCUT2D eigenvalue weighted by atomic mass is 32.2. The van der Waals surface area contributed by atoms with Crippen molar-refractivity contribution < 1.29 is 27.4 Å². The van der Waals surface area contributed by atoms with Gasteiger partial charge in [-0.1, -0.05) is 18.2 Å². The summed E-state index contributed by atoms with van der Waals surface area (Å²) in [7, 11) is 0.314. The minimum atomic E-state index is -3.96. The Morgan fingerprint density at radius 1 is 1.08 bits per heavy atom. The van der Waals surface area contributed by atoms with Gasteiger partial charge in [-0.3, -0.25) is 0 Å². The molecule has 2 N–H and O–H groups in total. The van der Waals surface area contributed by atoms with Gasteiger partial charge in [0.1, 0.15) is 17.3 Å². The summed E-state index contributed by atoms with van der Waals surface area (Å²) < 4.78 is 53.4. The third-order valence-corrected chi connectivity index (χ3v) is 8.56. The van der Waals surface area contributed by atoms with Crippen LogP contribution < -0.4 is 14.8 Å². The lowest BCUT2D eigenvalue weighted by molar-refractivity contribution is 0.371. The van der Waals surface area contributed by atoms with Gasteiger partial charge in [-0.15, -0.1) is 0 Å². The number of nitrogens with zero attached hydrogens (tertiary/aromatic N) is 1. The van der Waals surface area contributed by atoms with E-state index in [9.17, 15) is 17.9 Å². The van der Waals surface area contributed by atoms with Gasteiger partial charge in [-0.2, -0.15) is 0 Å². The largest absolute Gasteiger partial charge is 0.504 e. The number of benzene rings is 3. The molecule has 7 nitrogen and oxygen atoms in total. The number of allylic oxidation sites excluding steroid dienone is 1. The number of nitrogens with one attached hydrogen (secondary N) is 1. The number of sulfonamides is 1. The van der Waals surface area contributed by atoms with Crippen molar-refractivity contribution in [1.29, 1.82) is 0 Å². The highest BCUT2D eigenvalue weighted by molar-refractivity contribution is 7.89. The van der Waals surface area contributed by atoms with Gasteiger partial charge in [0.15, 0.2) is 11.5 Å². The molecule has 0 amide bonds. The zero-order chi connectivity index (χ0) is 27.6. The van der Waals surface area contributed by atoms with Gasteiger partial charge in [-0.25, -0.2) is 17.1 Å². The normalized spacial score (nSPS) is 16.6. The monoisotopic (exact) mass is 536 g/mol. The van der Waals surface area contributed by atoms with E-state index in [2.05, 4.69) is 25.2 Å². The van der Waals surface area contributed by atoms with Crippen LogP contribution >= 0.6 is 0 Å². The van der Waals surface area contributed by atoms with Gasteiger partial charge in [0.2, 0.25) is 10.0 Å². The smallest absolute Gasteiger partial charge is 0.243 e. The van der Waals surface area contributed by atoms with Crippen LogP contribution in [0, 0.1) is 5.82 Å². The summed E-state index contributed by atoms with van der Waals surface area (Å²) in [4.78, 5) is -0.175. The Bertz CT molecular complexity index is 1660. The Morgan fingerprint density at radius 3 is 2.50 bits per heavy atom. The molecular weight excluding hydrogens is 507 g/mol. The number of halogens is 1. The Labute approximate surface area is 221 Å². The molecule has 9 heteroatoms. The van der Waals surface area contributed by atoms with Crippen LogP contribution in [0.4, 0.5) is 10.1 Å². The minimum absolute atomic E-state index is 0.0321. The van der Waals surface area contributed by atoms with E-state index in [0.717, 1.165) is 32.8 Å². The molecule has 5 rings (SSSR count). The second kappa shape index (κ2) is 8.89. The van der Waals surface area contributed by atoms with Crippen molar-refractivity contribution >= 4 is 33.1 Å². The van der Waals surface area contributed by atoms with Crippen molar-refractivity contribution in [2.75, 3.05) is 26.5 Å². The standard InChI is InChI=1S/C29H29FN2O5S/c1-16-15-29(2,3)31-20-10-9-19-26(25(16)20)23(37-22-12-11-21(33)28(36-6)27(19)22)13-17-7-8-18(30)14-24(17)38(34,35)32(4)5/h7-15,31,33H,1-6H3. The van der Waals surface area contributed by atoms with Crippen LogP contribution in [0.3, 0.4) is 0 Å². The number of hydrogen-bond acceptors (Lipinski definition) is 6. The van der Waals surface area contributed by atoms with Gasteiger partial charge in [0, 0.05) is 36.5 Å². The van der Waals surface area contributed by atoms with E-state index in [-0.39, 0.29) is 27.5 Å². The van der Waals surface area contributed by atoms with Gasteiger partial charge < -0.3 is 19.9 Å². The highest BCUT2D eigenvalue weighted by Crippen LogP contribution is 2.54.